The summed E-state index contributed by atoms with van der Waals surface area (Å²) in [5, 5.41) is 9.30. The first kappa shape index (κ1) is 11.3. The van der Waals surface area contributed by atoms with Crippen molar-refractivity contribution < 1.29 is 9.50 Å². The van der Waals surface area contributed by atoms with Gasteiger partial charge in [-0.05, 0) is 43.0 Å². The zero-order valence-corrected chi connectivity index (χ0v) is 11.0. The lowest BCUT2D eigenvalue weighted by molar-refractivity contribution is 0.174. The third-order valence-electron chi connectivity index (χ3n) is 4.02. The van der Waals surface area contributed by atoms with Gasteiger partial charge in [0.05, 0.1) is 0 Å². The molecular formula is C14H14BrFO. The number of alkyl halides is 1. The molecule has 1 fully saturated rings. The molecule has 0 heterocycles. The summed E-state index contributed by atoms with van der Waals surface area (Å²) in [5.41, 5.74) is -0.0427. The number of hydrogen-bond donors (Lipinski definition) is 1. The van der Waals surface area contributed by atoms with Crippen molar-refractivity contribution >= 4 is 15.9 Å². The van der Waals surface area contributed by atoms with Crippen molar-refractivity contribution in [1.82, 2.24) is 0 Å². The Balaban J connectivity index is 1.99. The Labute approximate surface area is 108 Å². The van der Waals surface area contributed by atoms with Crippen LogP contribution in [-0.4, -0.2) is 10.8 Å². The van der Waals surface area contributed by atoms with Gasteiger partial charge in [-0.2, -0.15) is 0 Å². The van der Waals surface area contributed by atoms with Crippen LogP contribution in [0, 0.1) is 5.92 Å². The lowest BCUT2D eigenvalue weighted by Crippen LogP contribution is -2.24. The molecule has 0 bridgehead atoms. The van der Waals surface area contributed by atoms with Gasteiger partial charge in [-0.1, -0.05) is 28.1 Å². The quantitative estimate of drug-likeness (QED) is 0.820. The van der Waals surface area contributed by atoms with Gasteiger partial charge < -0.3 is 5.11 Å². The van der Waals surface area contributed by atoms with E-state index in [1.165, 1.54) is 0 Å². The lowest BCUT2D eigenvalue weighted by Gasteiger charge is -2.24. The van der Waals surface area contributed by atoms with E-state index in [0.717, 1.165) is 22.9 Å². The third-order valence-corrected chi connectivity index (χ3v) is 4.74. The summed E-state index contributed by atoms with van der Waals surface area (Å²) in [6.07, 6.45) is 4.30. The first-order valence-electron chi connectivity index (χ1n) is 5.96. The molecule has 2 aliphatic rings. The molecule has 3 atom stereocenters. The summed E-state index contributed by atoms with van der Waals surface area (Å²) >= 11 is 3.51. The number of hydrogen-bond acceptors (Lipinski definition) is 1. The van der Waals surface area contributed by atoms with Gasteiger partial charge in [0.25, 0.3) is 0 Å². The van der Waals surface area contributed by atoms with Crippen LogP contribution in [0.2, 0.25) is 0 Å². The van der Waals surface area contributed by atoms with Gasteiger partial charge in [-0.15, -0.1) is 0 Å². The number of fused-ring (bicyclic) bond motifs is 1. The van der Waals surface area contributed by atoms with Gasteiger partial charge in [0.15, 0.2) is 0 Å². The van der Waals surface area contributed by atoms with E-state index in [1.54, 1.807) is 18.2 Å². The molecule has 1 aromatic carbocycles. The van der Waals surface area contributed by atoms with Crippen molar-refractivity contribution in [2.45, 2.75) is 30.8 Å². The number of halogens is 2. The topological polar surface area (TPSA) is 20.2 Å². The van der Waals surface area contributed by atoms with Crippen LogP contribution >= 0.6 is 15.9 Å². The minimum absolute atomic E-state index is 0.0569. The lowest BCUT2D eigenvalue weighted by atomic mass is 9.84. The molecule has 1 saturated carbocycles. The summed E-state index contributed by atoms with van der Waals surface area (Å²) in [7, 11) is 0. The molecule has 0 amide bonds. The fraction of sp³-hybridized carbons (Fsp3) is 0.429. The fourth-order valence-electron chi connectivity index (χ4n) is 3.23. The molecule has 0 spiro atoms. The maximum atomic E-state index is 14.6. The fourth-order valence-corrected chi connectivity index (χ4v) is 4.19. The van der Waals surface area contributed by atoms with E-state index in [1.807, 2.05) is 12.1 Å². The number of phenolic OH excluding ortho intramolecular Hbond substituents is 1. The molecule has 1 aromatic rings. The summed E-state index contributed by atoms with van der Waals surface area (Å²) in [5.74, 6) is 0.425. The molecule has 3 heteroatoms. The smallest absolute Gasteiger partial charge is 0.134 e. The number of phenols is 1. The molecule has 0 aromatic heterocycles. The van der Waals surface area contributed by atoms with E-state index in [0.29, 0.717) is 6.42 Å². The van der Waals surface area contributed by atoms with Crippen molar-refractivity contribution in [2.24, 2.45) is 5.92 Å². The molecule has 3 rings (SSSR count). The minimum atomic E-state index is -1.12. The SMILES string of the molecule is Oc1ccc(C2C(Br)=CC3(F)CCCC23)cc1. The van der Waals surface area contributed by atoms with Crippen molar-refractivity contribution in [2.75, 3.05) is 0 Å². The first-order chi connectivity index (χ1) is 8.10. The molecular weight excluding hydrogens is 283 g/mol. The predicted molar refractivity (Wildman–Crippen MR) is 69.0 cm³/mol. The van der Waals surface area contributed by atoms with Crippen LogP contribution in [-0.2, 0) is 0 Å². The average Bonchev–Trinajstić information content (AvgIpc) is 2.73. The predicted octanol–water partition coefficient (Wildman–Crippen LogP) is 4.28. The van der Waals surface area contributed by atoms with Gasteiger partial charge in [0.2, 0.25) is 0 Å². The monoisotopic (exact) mass is 296 g/mol. The normalized spacial score (nSPS) is 35.8. The second-order valence-corrected chi connectivity index (χ2v) is 5.94. The molecule has 0 aliphatic heterocycles. The van der Waals surface area contributed by atoms with Crippen LogP contribution in [0.3, 0.4) is 0 Å². The summed E-state index contributed by atoms with van der Waals surface area (Å²) < 4.78 is 15.6. The maximum absolute atomic E-state index is 14.6. The zero-order valence-electron chi connectivity index (χ0n) is 9.37. The van der Waals surface area contributed by atoms with Crippen LogP contribution in [0.5, 0.6) is 5.75 Å². The second kappa shape index (κ2) is 3.84. The Bertz CT molecular complexity index is 468. The van der Waals surface area contributed by atoms with Crippen molar-refractivity contribution in [3.8, 4) is 5.75 Å². The number of benzene rings is 1. The van der Waals surface area contributed by atoms with E-state index < -0.39 is 5.67 Å². The van der Waals surface area contributed by atoms with Crippen LogP contribution < -0.4 is 0 Å². The standard InChI is InChI=1S/C14H14BrFO/c15-12-8-14(16)7-1-2-11(14)13(12)9-3-5-10(17)6-4-9/h3-6,8,11,13,17H,1-2,7H2. The molecule has 1 N–H and O–H groups in total. The van der Waals surface area contributed by atoms with Gasteiger partial charge in [0.1, 0.15) is 11.4 Å². The van der Waals surface area contributed by atoms with Crippen LogP contribution in [0.25, 0.3) is 0 Å². The largest absolute Gasteiger partial charge is 0.508 e. The highest BCUT2D eigenvalue weighted by atomic mass is 79.9. The Morgan fingerprint density at radius 3 is 2.71 bits per heavy atom. The molecule has 3 unspecified atom stereocenters. The summed E-state index contributed by atoms with van der Waals surface area (Å²) in [6.45, 7) is 0. The highest BCUT2D eigenvalue weighted by molar-refractivity contribution is 9.11. The zero-order chi connectivity index (χ0) is 12.0. The average molecular weight is 297 g/mol. The van der Waals surface area contributed by atoms with E-state index in [4.69, 9.17) is 0 Å². The van der Waals surface area contributed by atoms with E-state index in [2.05, 4.69) is 15.9 Å². The van der Waals surface area contributed by atoms with Gasteiger partial charge in [-0.25, -0.2) is 4.39 Å². The third kappa shape index (κ3) is 1.71. The Morgan fingerprint density at radius 2 is 2.00 bits per heavy atom. The molecule has 0 saturated heterocycles. The second-order valence-electron chi connectivity index (χ2n) is 5.02. The van der Waals surface area contributed by atoms with Crippen LogP contribution in [0.4, 0.5) is 4.39 Å². The summed E-state index contributed by atoms with van der Waals surface area (Å²) in [4.78, 5) is 0. The van der Waals surface area contributed by atoms with Crippen LogP contribution in [0.1, 0.15) is 30.7 Å². The number of aromatic hydroxyl groups is 1. The van der Waals surface area contributed by atoms with Crippen molar-refractivity contribution in [1.29, 1.82) is 0 Å². The Hall–Kier alpha value is -0.830. The van der Waals surface area contributed by atoms with Gasteiger partial charge >= 0.3 is 0 Å². The molecule has 17 heavy (non-hydrogen) atoms. The van der Waals surface area contributed by atoms with E-state index in [-0.39, 0.29) is 17.6 Å². The Morgan fingerprint density at radius 1 is 1.29 bits per heavy atom. The highest BCUT2D eigenvalue weighted by Crippen LogP contribution is 2.57. The van der Waals surface area contributed by atoms with E-state index in [9.17, 15) is 9.50 Å². The van der Waals surface area contributed by atoms with Crippen LogP contribution in [0.15, 0.2) is 34.8 Å². The number of rotatable bonds is 1. The van der Waals surface area contributed by atoms with Crippen molar-refractivity contribution in [3.63, 3.8) is 0 Å². The number of allylic oxidation sites excluding steroid dienone is 2. The molecule has 2 aliphatic carbocycles. The molecule has 1 nitrogen and oxygen atoms in total. The van der Waals surface area contributed by atoms with Gasteiger partial charge in [-0.3, -0.25) is 0 Å². The van der Waals surface area contributed by atoms with E-state index >= 15 is 0 Å². The first-order valence-corrected chi connectivity index (χ1v) is 6.75. The van der Waals surface area contributed by atoms with Crippen molar-refractivity contribution in [3.05, 3.63) is 40.4 Å². The maximum Gasteiger partial charge on any atom is 0.134 e. The van der Waals surface area contributed by atoms with Gasteiger partial charge in [0, 0.05) is 16.3 Å². The Kier molecular flexibility index (Phi) is 2.54. The molecule has 0 radical (unpaired) electrons. The minimum Gasteiger partial charge on any atom is -0.508 e. The highest BCUT2D eigenvalue weighted by Gasteiger charge is 2.51. The molecule has 90 valence electrons. The summed E-state index contributed by atoms with van der Waals surface area (Å²) in [6, 6.07) is 7.11.